The number of sulfonamides is 1. The van der Waals surface area contributed by atoms with Crippen LogP contribution in [0.25, 0.3) is 0 Å². The lowest BCUT2D eigenvalue weighted by Crippen LogP contribution is -2.34. The average Bonchev–Trinajstić information content (AvgIpc) is 3.26. The Balaban J connectivity index is 1.34. The number of nitrogens with zero attached hydrogens (tertiary/aromatic N) is 2. The van der Waals surface area contributed by atoms with Crippen LogP contribution in [0.4, 0.5) is 5.95 Å². The molecule has 31 heavy (non-hydrogen) atoms. The Hall–Kier alpha value is -2.39. The monoisotopic (exact) mass is 465 g/mol. The first-order valence-corrected chi connectivity index (χ1v) is 12.5. The van der Waals surface area contributed by atoms with Gasteiger partial charge in [-0.25, -0.2) is 13.4 Å². The molecule has 1 unspecified atom stereocenters. The first-order valence-electron chi connectivity index (χ1n) is 10.0. The second-order valence-electron chi connectivity index (χ2n) is 8.29. The molecular weight excluding hydrogens is 442 g/mol. The average molecular weight is 466 g/mol. The molecule has 1 heterocycles. The van der Waals surface area contributed by atoms with Crippen molar-refractivity contribution in [2.45, 2.75) is 19.3 Å². The summed E-state index contributed by atoms with van der Waals surface area (Å²) in [6, 6.07) is 8.81. The number of halogens is 1. The van der Waals surface area contributed by atoms with Gasteiger partial charge in [0.05, 0.1) is 18.7 Å². The zero-order valence-electron chi connectivity index (χ0n) is 17.1. The van der Waals surface area contributed by atoms with Crippen LogP contribution in [-0.4, -0.2) is 49.5 Å². The number of anilines is 1. The predicted molar refractivity (Wildman–Crippen MR) is 116 cm³/mol. The van der Waals surface area contributed by atoms with Crippen LogP contribution >= 0.6 is 11.6 Å². The highest BCUT2D eigenvalue weighted by Crippen LogP contribution is 2.62. The Bertz CT molecular complexity index is 1050. The molecule has 0 spiro atoms. The molecular formula is C21H24ClN3O5S. The van der Waals surface area contributed by atoms with E-state index in [4.69, 9.17) is 21.1 Å². The number of nitrogens with one attached hydrogen (secondary N) is 1. The lowest BCUT2D eigenvalue weighted by Gasteiger charge is -2.37. The second-order valence-corrected chi connectivity index (χ2v) is 10.4. The van der Waals surface area contributed by atoms with E-state index in [1.165, 1.54) is 6.20 Å². The Morgan fingerprint density at radius 3 is 2.61 bits per heavy atom. The summed E-state index contributed by atoms with van der Waals surface area (Å²) in [6.07, 6.45) is 5.15. The van der Waals surface area contributed by atoms with Gasteiger partial charge >= 0.3 is 0 Å². The number of rotatable bonds is 10. The first kappa shape index (κ1) is 21.8. The van der Waals surface area contributed by atoms with Crippen LogP contribution in [0.2, 0.25) is 0 Å². The summed E-state index contributed by atoms with van der Waals surface area (Å²) in [7, 11) is -3.46. The molecule has 2 aromatic rings. The van der Waals surface area contributed by atoms with Crippen molar-refractivity contribution < 1.29 is 22.7 Å². The summed E-state index contributed by atoms with van der Waals surface area (Å²) in [5.74, 6) is 1.92. The van der Waals surface area contributed by atoms with Gasteiger partial charge in [0.2, 0.25) is 21.9 Å². The third-order valence-electron chi connectivity index (χ3n) is 5.87. The van der Waals surface area contributed by atoms with Gasteiger partial charge in [-0.05, 0) is 49.4 Å². The second kappa shape index (κ2) is 8.63. The molecule has 0 aliphatic heterocycles. The number of hydrogen-bond acceptors (Lipinski definition) is 7. The topological polar surface area (TPSA) is 107 Å². The largest absolute Gasteiger partial charge is 0.492 e. The SMILES string of the molecule is CS(=O)(=O)Nc1nccc(OCC23CC(C2)C(C(=O)c2ccc(OCCCl)cc2)C3)n1. The Labute approximate surface area is 186 Å². The Kier molecular flexibility index (Phi) is 6.07. The lowest BCUT2D eigenvalue weighted by molar-refractivity contribution is 0.0634. The molecule has 1 atom stereocenters. The number of alkyl halides is 1. The lowest BCUT2D eigenvalue weighted by atomic mass is 9.69. The normalized spacial score (nSPS) is 24.3. The van der Waals surface area contributed by atoms with Crippen LogP contribution in [0.1, 0.15) is 29.6 Å². The molecule has 1 N–H and O–H groups in total. The zero-order valence-corrected chi connectivity index (χ0v) is 18.7. The van der Waals surface area contributed by atoms with Gasteiger partial charge in [0.15, 0.2) is 5.78 Å². The number of hydrogen-bond donors (Lipinski definition) is 1. The highest BCUT2D eigenvalue weighted by Gasteiger charge is 2.58. The zero-order chi connectivity index (χ0) is 22.1. The van der Waals surface area contributed by atoms with Gasteiger partial charge in [-0.15, -0.1) is 11.6 Å². The van der Waals surface area contributed by atoms with Gasteiger partial charge < -0.3 is 9.47 Å². The minimum Gasteiger partial charge on any atom is -0.492 e. The molecule has 0 amide bonds. The summed E-state index contributed by atoms with van der Waals surface area (Å²) < 4.78 is 36.2. The fourth-order valence-corrected chi connectivity index (χ4v) is 5.08. The minimum absolute atomic E-state index is 0.00827. The van der Waals surface area contributed by atoms with E-state index >= 15 is 0 Å². The summed E-state index contributed by atoms with van der Waals surface area (Å²) >= 11 is 5.63. The predicted octanol–water partition coefficient (Wildman–Crippen LogP) is 3.14. The molecule has 3 fully saturated rings. The molecule has 166 valence electrons. The van der Waals surface area contributed by atoms with E-state index in [0.29, 0.717) is 42.2 Å². The number of ketones is 1. The van der Waals surface area contributed by atoms with Gasteiger partial charge in [-0.3, -0.25) is 9.52 Å². The molecule has 2 bridgehead atoms. The van der Waals surface area contributed by atoms with Crippen LogP contribution in [0, 0.1) is 17.3 Å². The van der Waals surface area contributed by atoms with Gasteiger partial charge in [0, 0.05) is 29.2 Å². The maximum absolute atomic E-state index is 13.0. The summed E-state index contributed by atoms with van der Waals surface area (Å²) in [4.78, 5) is 21.0. The van der Waals surface area contributed by atoms with Crippen LogP contribution in [0.15, 0.2) is 36.5 Å². The maximum Gasteiger partial charge on any atom is 0.239 e. The van der Waals surface area contributed by atoms with Crippen molar-refractivity contribution in [1.29, 1.82) is 0 Å². The van der Waals surface area contributed by atoms with Gasteiger partial charge in [0.1, 0.15) is 12.4 Å². The first-order chi connectivity index (χ1) is 14.8. The molecule has 3 aliphatic carbocycles. The van der Waals surface area contributed by atoms with E-state index in [1.807, 2.05) is 12.1 Å². The molecule has 1 aromatic carbocycles. The van der Waals surface area contributed by atoms with Crippen molar-refractivity contribution in [1.82, 2.24) is 9.97 Å². The number of aromatic nitrogens is 2. The molecule has 10 heteroatoms. The third kappa shape index (κ3) is 5.10. The van der Waals surface area contributed by atoms with Gasteiger partial charge in [0.25, 0.3) is 0 Å². The number of fused-ring (bicyclic) bond motifs is 1. The van der Waals surface area contributed by atoms with Crippen LogP contribution in [0.5, 0.6) is 11.6 Å². The smallest absolute Gasteiger partial charge is 0.239 e. The quantitative estimate of drug-likeness (QED) is 0.424. The van der Waals surface area contributed by atoms with E-state index in [2.05, 4.69) is 14.7 Å². The molecule has 1 aromatic heterocycles. The van der Waals surface area contributed by atoms with Crippen molar-refractivity contribution in [3.05, 3.63) is 42.1 Å². The molecule has 3 aliphatic rings. The van der Waals surface area contributed by atoms with E-state index < -0.39 is 10.0 Å². The third-order valence-corrected chi connectivity index (χ3v) is 6.57. The van der Waals surface area contributed by atoms with Gasteiger partial charge in [-0.2, -0.15) is 4.98 Å². The number of Topliss-reactive ketones (excluding diaryl/α,β-unsaturated/α-hetero) is 1. The molecule has 3 saturated carbocycles. The van der Waals surface area contributed by atoms with Crippen LogP contribution < -0.4 is 14.2 Å². The van der Waals surface area contributed by atoms with Crippen molar-refractivity contribution in [2.75, 3.05) is 30.1 Å². The van der Waals surface area contributed by atoms with Crippen molar-refractivity contribution >= 4 is 33.4 Å². The van der Waals surface area contributed by atoms with E-state index in [-0.39, 0.29) is 23.1 Å². The Morgan fingerprint density at radius 2 is 1.94 bits per heavy atom. The van der Waals surface area contributed by atoms with Crippen molar-refractivity contribution in [3.8, 4) is 11.6 Å². The maximum atomic E-state index is 13.0. The number of carbonyl (C=O) groups is 1. The number of carbonyl (C=O) groups excluding carboxylic acids is 1. The Morgan fingerprint density at radius 1 is 1.19 bits per heavy atom. The van der Waals surface area contributed by atoms with Gasteiger partial charge in [-0.1, -0.05) is 0 Å². The fraction of sp³-hybridized carbons (Fsp3) is 0.476. The van der Waals surface area contributed by atoms with Crippen molar-refractivity contribution in [2.24, 2.45) is 17.3 Å². The van der Waals surface area contributed by atoms with Crippen LogP contribution in [0.3, 0.4) is 0 Å². The summed E-state index contributed by atoms with van der Waals surface area (Å²) in [5.41, 5.74) is 0.656. The van der Waals surface area contributed by atoms with E-state index in [9.17, 15) is 13.2 Å². The van der Waals surface area contributed by atoms with Crippen LogP contribution in [-0.2, 0) is 10.0 Å². The highest BCUT2D eigenvalue weighted by molar-refractivity contribution is 7.91. The summed E-state index contributed by atoms with van der Waals surface area (Å²) in [5, 5.41) is 0. The summed E-state index contributed by atoms with van der Waals surface area (Å²) in [6.45, 7) is 0.869. The van der Waals surface area contributed by atoms with E-state index in [1.54, 1.807) is 18.2 Å². The molecule has 0 saturated heterocycles. The minimum atomic E-state index is -3.46. The highest BCUT2D eigenvalue weighted by atomic mass is 35.5. The number of ether oxygens (including phenoxy) is 2. The van der Waals surface area contributed by atoms with Crippen molar-refractivity contribution in [3.63, 3.8) is 0 Å². The fourth-order valence-electron chi connectivity index (χ4n) is 4.57. The molecule has 8 nitrogen and oxygen atoms in total. The van der Waals surface area contributed by atoms with E-state index in [0.717, 1.165) is 25.5 Å². The molecule has 5 rings (SSSR count). The standard InChI is InChI=1S/C21H24ClN3O5S/c1-31(27,28)25-20-23-8-6-18(24-20)30-13-21-10-15(11-21)17(12-21)19(26)14-2-4-16(5-3-14)29-9-7-22/h2-6,8,15,17H,7,9-13H2,1H3,(H,23,24,25). The number of benzene rings is 1. The molecule has 0 radical (unpaired) electrons.